The zero-order valence-electron chi connectivity index (χ0n) is 10.1. The Morgan fingerprint density at radius 3 is 3.17 bits per heavy atom. The number of aromatic nitrogens is 1. The lowest BCUT2D eigenvalue weighted by Crippen LogP contribution is -2.43. The number of benzene rings is 1. The molecule has 0 N–H and O–H groups in total. The SMILES string of the molecule is ClC[C@@H]1CN(c2cccc3ncccc23)CCO1. The maximum Gasteiger partial charge on any atom is 0.0885 e. The first-order valence-electron chi connectivity index (χ1n) is 6.15. The smallest absolute Gasteiger partial charge is 0.0885 e. The van der Waals surface area contributed by atoms with Crippen molar-refractivity contribution in [1.29, 1.82) is 0 Å². The second-order valence-electron chi connectivity index (χ2n) is 4.44. The second kappa shape index (κ2) is 5.12. The fraction of sp³-hybridized carbons (Fsp3) is 0.357. The van der Waals surface area contributed by atoms with E-state index < -0.39 is 0 Å². The third-order valence-electron chi connectivity index (χ3n) is 3.27. The van der Waals surface area contributed by atoms with Crippen LogP contribution >= 0.6 is 11.6 Å². The van der Waals surface area contributed by atoms with Gasteiger partial charge in [0.25, 0.3) is 0 Å². The topological polar surface area (TPSA) is 25.4 Å². The lowest BCUT2D eigenvalue weighted by molar-refractivity contribution is 0.0555. The van der Waals surface area contributed by atoms with Gasteiger partial charge in [-0.1, -0.05) is 6.07 Å². The van der Waals surface area contributed by atoms with Crippen LogP contribution < -0.4 is 4.90 Å². The number of hydrogen-bond donors (Lipinski definition) is 0. The molecule has 1 aromatic carbocycles. The number of nitrogens with zero attached hydrogens (tertiary/aromatic N) is 2. The summed E-state index contributed by atoms with van der Waals surface area (Å²) in [7, 11) is 0. The first kappa shape index (κ1) is 11.8. The van der Waals surface area contributed by atoms with Gasteiger partial charge >= 0.3 is 0 Å². The molecule has 1 aromatic heterocycles. The van der Waals surface area contributed by atoms with Crippen molar-refractivity contribution in [3.8, 4) is 0 Å². The van der Waals surface area contributed by atoms with Gasteiger partial charge in [0.2, 0.25) is 0 Å². The maximum atomic E-state index is 5.89. The molecule has 0 bridgehead atoms. The van der Waals surface area contributed by atoms with Crippen molar-refractivity contribution in [2.75, 3.05) is 30.5 Å². The summed E-state index contributed by atoms with van der Waals surface area (Å²) in [5, 5.41) is 1.19. The van der Waals surface area contributed by atoms with Crippen LogP contribution in [-0.4, -0.2) is 36.7 Å². The summed E-state index contributed by atoms with van der Waals surface area (Å²) in [6.07, 6.45) is 1.94. The Balaban J connectivity index is 1.98. The molecule has 1 aliphatic rings. The highest BCUT2D eigenvalue weighted by molar-refractivity contribution is 6.18. The van der Waals surface area contributed by atoms with E-state index in [0.717, 1.165) is 25.2 Å². The lowest BCUT2D eigenvalue weighted by Gasteiger charge is -2.34. The van der Waals surface area contributed by atoms with Crippen molar-refractivity contribution >= 4 is 28.2 Å². The van der Waals surface area contributed by atoms with E-state index in [-0.39, 0.29) is 6.10 Å². The lowest BCUT2D eigenvalue weighted by atomic mass is 10.1. The Bertz CT molecular complexity index is 541. The minimum Gasteiger partial charge on any atom is -0.373 e. The van der Waals surface area contributed by atoms with Crippen molar-refractivity contribution in [2.45, 2.75) is 6.10 Å². The van der Waals surface area contributed by atoms with Crippen molar-refractivity contribution < 1.29 is 4.74 Å². The minimum absolute atomic E-state index is 0.118. The molecule has 0 spiro atoms. The largest absolute Gasteiger partial charge is 0.373 e. The van der Waals surface area contributed by atoms with Crippen LogP contribution in [0.1, 0.15) is 0 Å². The number of rotatable bonds is 2. The summed E-state index contributed by atoms with van der Waals surface area (Å²) in [5.41, 5.74) is 2.25. The Hall–Kier alpha value is -1.32. The Morgan fingerprint density at radius 2 is 2.28 bits per heavy atom. The van der Waals surface area contributed by atoms with E-state index in [1.54, 1.807) is 0 Å². The molecule has 0 radical (unpaired) electrons. The van der Waals surface area contributed by atoms with Crippen LogP contribution in [0.4, 0.5) is 5.69 Å². The van der Waals surface area contributed by atoms with Gasteiger partial charge in [-0.3, -0.25) is 4.98 Å². The van der Waals surface area contributed by atoms with Gasteiger partial charge in [-0.05, 0) is 24.3 Å². The number of ether oxygens (including phenoxy) is 1. The molecule has 3 nitrogen and oxygen atoms in total. The average Bonchev–Trinajstić information content (AvgIpc) is 2.47. The zero-order chi connectivity index (χ0) is 12.4. The molecule has 1 aliphatic heterocycles. The van der Waals surface area contributed by atoms with Gasteiger partial charge < -0.3 is 9.64 Å². The van der Waals surface area contributed by atoms with Crippen LogP contribution in [0.3, 0.4) is 0 Å². The number of hydrogen-bond acceptors (Lipinski definition) is 3. The van der Waals surface area contributed by atoms with Crippen molar-refractivity contribution in [1.82, 2.24) is 4.98 Å². The van der Waals surface area contributed by atoms with E-state index in [9.17, 15) is 0 Å². The molecule has 18 heavy (non-hydrogen) atoms. The van der Waals surface area contributed by atoms with E-state index in [2.05, 4.69) is 28.1 Å². The predicted molar refractivity (Wildman–Crippen MR) is 74.4 cm³/mol. The van der Waals surface area contributed by atoms with Crippen LogP contribution in [0.15, 0.2) is 36.5 Å². The molecular formula is C14H15ClN2O. The summed E-state index contributed by atoms with van der Waals surface area (Å²) in [6, 6.07) is 10.3. The third kappa shape index (κ3) is 2.16. The highest BCUT2D eigenvalue weighted by Crippen LogP contribution is 2.26. The molecule has 0 unspecified atom stereocenters. The number of fused-ring (bicyclic) bond motifs is 1. The summed E-state index contributed by atoms with van der Waals surface area (Å²) < 4.78 is 5.60. The number of anilines is 1. The average molecular weight is 263 g/mol. The second-order valence-corrected chi connectivity index (χ2v) is 4.75. The highest BCUT2D eigenvalue weighted by atomic mass is 35.5. The summed E-state index contributed by atoms with van der Waals surface area (Å²) >= 11 is 5.89. The van der Waals surface area contributed by atoms with E-state index in [0.29, 0.717) is 5.88 Å². The van der Waals surface area contributed by atoms with Crippen LogP contribution in [0.25, 0.3) is 10.9 Å². The van der Waals surface area contributed by atoms with Gasteiger partial charge in [-0.15, -0.1) is 11.6 Å². The van der Waals surface area contributed by atoms with E-state index in [4.69, 9.17) is 16.3 Å². The standard InChI is InChI=1S/C14H15ClN2O/c15-9-11-10-17(7-8-18-11)14-5-1-4-13-12(14)3-2-6-16-13/h1-6,11H,7-10H2/t11-/m1/s1. The van der Waals surface area contributed by atoms with E-state index in [1.165, 1.54) is 11.1 Å². The molecule has 0 saturated carbocycles. The molecule has 1 atom stereocenters. The van der Waals surface area contributed by atoms with Crippen LogP contribution in [0.5, 0.6) is 0 Å². The molecule has 1 fully saturated rings. The molecule has 3 rings (SSSR count). The fourth-order valence-corrected chi connectivity index (χ4v) is 2.58. The molecule has 4 heteroatoms. The van der Waals surface area contributed by atoms with E-state index in [1.807, 2.05) is 18.3 Å². The molecule has 94 valence electrons. The van der Waals surface area contributed by atoms with Gasteiger partial charge in [0.15, 0.2) is 0 Å². The normalized spacial score (nSPS) is 20.3. The van der Waals surface area contributed by atoms with Gasteiger partial charge in [0.05, 0.1) is 24.1 Å². The maximum absolute atomic E-state index is 5.89. The number of morpholine rings is 1. The Morgan fingerprint density at radius 1 is 1.33 bits per heavy atom. The number of pyridine rings is 1. The van der Waals surface area contributed by atoms with Crippen LogP contribution in [0.2, 0.25) is 0 Å². The van der Waals surface area contributed by atoms with Crippen LogP contribution in [0, 0.1) is 0 Å². The summed E-state index contributed by atoms with van der Waals surface area (Å²) in [6.45, 7) is 2.48. The quantitative estimate of drug-likeness (QED) is 0.778. The van der Waals surface area contributed by atoms with Gasteiger partial charge in [-0.25, -0.2) is 0 Å². The summed E-state index contributed by atoms with van der Waals surface area (Å²) in [5.74, 6) is 0.541. The molecular weight excluding hydrogens is 248 g/mol. The van der Waals surface area contributed by atoms with Crippen molar-refractivity contribution in [3.05, 3.63) is 36.5 Å². The molecule has 0 aliphatic carbocycles. The monoisotopic (exact) mass is 262 g/mol. The minimum atomic E-state index is 0.118. The van der Waals surface area contributed by atoms with Gasteiger partial charge in [-0.2, -0.15) is 0 Å². The number of halogens is 1. The Kier molecular flexibility index (Phi) is 3.35. The van der Waals surface area contributed by atoms with Crippen LogP contribution in [-0.2, 0) is 4.74 Å². The number of alkyl halides is 1. The molecule has 1 saturated heterocycles. The first-order valence-corrected chi connectivity index (χ1v) is 6.68. The highest BCUT2D eigenvalue weighted by Gasteiger charge is 2.21. The Labute approximate surface area is 111 Å². The first-order chi connectivity index (χ1) is 8.88. The van der Waals surface area contributed by atoms with Crippen molar-refractivity contribution in [2.24, 2.45) is 0 Å². The molecule has 0 amide bonds. The van der Waals surface area contributed by atoms with Crippen molar-refractivity contribution in [3.63, 3.8) is 0 Å². The third-order valence-corrected chi connectivity index (χ3v) is 3.62. The molecule has 2 aromatic rings. The summed E-state index contributed by atoms with van der Waals surface area (Å²) in [4.78, 5) is 6.73. The van der Waals surface area contributed by atoms with Gasteiger partial charge in [0, 0.05) is 30.4 Å². The zero-order valence-corrected chi connectivity index (χ0v) is 10.8. The predicted octanol–water partition coefficient (Wildman–Crippen LogP) is 2.68. The fourth-order valence-electron chi connectivity index (χ4n) is 2.39. The van der Waals surface area contributed by atoms with Gasteiger partial charge in [0.1, 0.15) is 0 Å². The van der Waals surface area contributed by atoms with E-state index >= 15 is 0 Å². The molecule has 2 heterocycles.